The van der Waals surface area contributed by atoms with Gasteiger partial charge in [-0.05, 0) is 81.0 Å². The highest BCUT2D eigenvalue weighted by Crippen LogP contribution is 2.17. The average Bonchev–Trinajstić information content (AvgIpc) is 3.38. The van der Waals surface area contributed by atoms with Gasteiger partial charge in [-0.25, -0.2) is 4.57 Å². The molecule has 0 bridgehead atoms. The van der Waals surface area contributed by atoms with Crippen molar-refractivity contribution in [2.45, 2.75) is 210 Å². The Morgan fingerprint density at radius 3 is 0.958 bits per heavy atom. The van der Waals surface area contributed by atoms with Gasteiger partial charge in [0, 0.05) is 89.7 Å². The molecule has 3 aromatic carbocycles. The lowest BCUT2D eigenvalue weighted by atomic mass is 10.1. The van der Waals surface area contributed by atoms with E-state index in [1.54, 1.807) is 0 Å². The SMILES string of the molecule is C.CCCCCCCCCCCC[n+]1ccc(C)c2ccccc21.CCCCCCCCCCC[n+]1ccc(C)c2ccccc21.CCC[n+]1ccc(C)c2ccccc21.Cc1cc[n+](CCS)cc1.[I-].[I-]. The quantitative estimate of drug-likeness (QED) is 0.0254. The molecule has 0 radical (unpaired) electrons. The van der Waals surface area contributed by atoms with Gasteiger partial charge in [-0.1, -0.05) is 161 Å². The predicted octanol–water partition coefficient (Wildman–Crippen LogP) is 11.0. The van der Waals surface area contributed by atoms with Crippen LogP contribution in [0.1, 0.15) is 179 Å². The van der Waals surface area contributed by atoms with Gasteiger partial charge in [0.15, 0.2) is 37.5 Å². The Labute approximate surface area is 480 Å². The van der Waals surface area contributed by atoms with Crippen molar-refractivity contribution in [2.24, 2.45) is 0 Å². The van der Waals surface area contributed by atoms with Crippen LogP contribution in [0.5, 0.6) is 0 Å². The van der Waals surface area contributed by atoms with Crippen LogP contribution in [-0.4, -0.2) is 5.75 Å². The van der Waals surface area contributed by atoms with Crippen LogP contribution in [0, 0.1) is 27.7 Å². The third-order valence-corrected chi connectivity index (χ3v) is 13.8. The van der Waals surface area contributed by atoms with E-state index in [9.17, 15) is 0 Å². The summed E-state index contributed by atoms with van der Waals surface area (Å²) in [5.74, 6) is 0.897. The van der Waals surface area contributed by atoms with E-state index in [-0.39, 0.29) is 55.4 Å². The maximum absolute atomic E-state index is 4.14. The first-order chi connectivity index (χ1) is 33.8. The number of aryl methyl sites for hydroxylation is 8. The lowest BCUT2D eigenvalue weighted by Gasteiger charge is -2.04. The number of para-hydroxylation sites is 3. The van der Waals surface area contributed by atoms with Gasteiger partial charge in [0.25, 0.3) is 0 Å². The number of benzene rings is 3. The van der Waals surface area contributed by atoms with Crippen molar-refractivity contribution in [3.8, 4) is 0 Å². The molecule has 72 heavy (non-hydrogen) atoms. The second kappa shape index (κ2) is 41.1. The van der Waals surface area contributed by atoms with E-state index in [1.165, 1.54) is 183 Å². The van der Waals surface area contributed by atoms with Crippen molar-refractivity contribution in [1.82, 2.24) is 0 Å². The van der Waals surface area contributed by atoms with Crippen LogP contribution >= 0.6 is 12.6 Å². The smallest absolute Gasteiger partial charge is 0.212 e. The lowest BCUT2D eigenvalue weighted by Crippen LogP contribution is -3.00. The number of rotatable bonds is 25. The van der Waals surface area contributed by atoms with Gasteiger partial charge in [0.2, 0.25) is 16.6 Å². The summed E-state index contributed by atoms with van der Waals surface area (Å²) >= 11 is 4.14. The average molecular weight is 1220 g/mol. The monoisotopic (exact) mass is 1220 g/mol. The molecule has 0 fully saturated rings. The minimum Gasteiger partial charge on any atom is -1.00 e. The number of pyridine rings is 4. The molecule has 4 nitrogen and oxygen atoms in total. The molecule has 0 saturated carbocycles. The van der Waals surface area contributed by atoms with Crippen LogP contribution in [0.3, 0.4) is 0 Å². The topological polar surface area (TPSA) is 15.5 Å². The zero-order valence-electron chi connectivity index (χ0n) is 45.4. The lowest BCUT2D eigenvalue weighted by molar-refractivity contribution is -0.692. The van der Waals surface area contributed by atoms with Crippen molar-refractivity contribution in [1.29, 1.82) is 0 Å². The number of unbranched alkanes of at least 4 members (excludes halogenated alkanes) is 17. The molecule has 4 heterocycles. The predicted molar refractivity (Wildman–Crippen MR) is 308 cm³/mol. The fraction of sp³-hybridized carbons (Fsp3) is 0.508. The Kier molecular flexibility index (Phi) is 38.2. The number of fused-ring (bicyclic) bond motifs is 3. The van der Waals surface area contributed by atoms with Crippen LogP contribution in [0.25, 0.3) is 32.7 Å². The van der Waals surface area contributed by atoms with Gasteiger partial charge in [-0.15, -0.1) is 0 Å². The summed E-state index contributed by atoms with van der Waals surface area (Å²) < 4.78 is 9.29. The second-order valence-electron chi connectivity index (χ2n) is 19.5. The van der Waals surface area contributed by atoms with E-state index < -0.39 is 0 Å². The highest BCUT2D eigenvalue weighted by molar-refractivity contribution is 7.80. The summed E-state index contributed by atoms with van der Waals surface area (Å²) in [6, 6.07) is 37.0. The number of hydrogen-bond donors (Lipinski definition) is 1. The maximum Gasteiger partial charge on any atom is 0.212 e. The Balaban J connectivity index is 0.000000493. The molecule has 7 aromatic rings. The maximum atomic E-state index is 4.14. The van der Waals surface area contributed by atoms with Crippen molar-refractivity contribution in [3.05, 3.63) is 156 Å². The van der Waals surface area contributed by atoms with Gasteiger partial charge in [0.05, 0.1) is 0 Å². The summed E-state index contributed by atoms with van der Waals surface area (Å²) in [5.41, 5.74) is 9.50. The summed E-state index contributed by atoms with van der Waals surface area (Å²) in [6.07, 6.45) is 38.6. The summed E-state index contributed by atoms with van der Waals surface area (Å²) in [7, 11) is 0. The first-order valence-electron chi connectivity index (χ1n) is 27.5. The molecule has 0 spiro atoms. The minimum absolute atomic E-state index is 0. The number of thiol groups is 1. The van der Waals surface area contributed by atoms with E-state index in [4.69, 9.17) is 0 Å². The van der Waals surface area contributed by atoms with Crippen molar-refractivity contribution in [2.75, 3.05) is 5.75 Å². The Morgan fingerprint density at radius 2 is 0.639 bits per heavy atom. The number of hydrogen-bond acceptors (Lipinski definition) is 1. The van der Waals surface area contributed by atoms with Crippen LogP contribution in [0.15, 0.2) is 134 Å². The Morgan fingerprint density at radius 1 is 0.333 bits per heavy atom. The standard InChI is InChI=1S/C22H34N.C21H32N.C13H16N.C8H11NS.CH4.2HI/c1-3-4-5-6-7-8-9-10-11-14-18-23-19-17-20(2)21-15-12-13-16-22(21)23;1-3-4-5-6-7-8-9-10-13-17-22-18-16-19(2)20-14-11-12-15-21(20)22;1-3-9-14-10-8-11(2)12-6-4-5-7-13(12)14;1-8-2-4-9(5-3-8)6-7-10;;;/h12-13,15-17,19H,3-11,14,18H2,1-2H3;11-12,14-16,18H,3-10,13,17H2,1-2H3;4-8,10H,3,9H2,1-2H3;2-5H,6-7H2,1H3;1H4;2*1H/q3*+1;;;;/p-1. The first kappa shape index (κ1) is 66.9. The van der Waals surface area contributed by atoms with E-state index >= 15 is 0 Å². The third-order valence-electron chi connectivity index (χ3n) is 13.6. The molecule has 4 aromatic heterocycles. The molecular formula is C65H98I2N4S+2. The van der Waals surface area contributed by atoms with E-state index in [0.717, 1.165) is 31.9 Å². The van der Waals surface area contributed by atoms with Crippen molar-refractivity contribution < 1.29 is 66.2 Å². The highest BCUT2D eigenvalue weighted by atomic mass is 127. The normalized spacial score (nSPS) is 10.4. The van der Waals surface area contributed by atoms with Crippen molar-refractivity contribution in [3.63, 3.8) is 0 Å². The molecule has 0 N–H and O–H groups in total. The van der Waals surface area contributed by atoms with E-state index in [1.807, 2.05) is 0 Å². The summed E-state index contributed by atoms with van der Waals surface area (Å²) in [5, 5.41) is 4.14. The fourth-order valence-electron chi connectivity index (χ4n) is 9.27. The van der Waals surface area contributed by atoms with Crippen LogP contribution in [0.4, 0.5) is 0 Å². The zero-order chi connectivity index (χ0) is 49.3. The molecule has 0 amide bonds. The molecule has 0 aliphatic heterocycles. The largest absolute Gasteiger partial charge is 1.00 e. The molecule has 0 aliphatic rings. The second-order valence-corrected chi connectivity index (χ2v) is 19.9. The van der Waals surface area contributed by atoms with Crippen LogP contribution in [-0.2, 0) is 26.2 Å². The van der Waals surface area contributed by atoms with Crippen LogP contribution in [0.2, 0.25) is 0 Å². The van der Waals surface area contributed by atoms with E-state index in [2.05, 4.69) is 213 Å². The molecule has 0 atom stereocenters. The van der Waals surface area contributed by atoms with Gasteiger partial charge in [-0.2, -0.15) is 26.3 Å². The summed E-state index contributed by atoms with van der Waals surface area (Å²) in [4.78, 5) is 0. The van der Waals surface area contributed by atoms with Gasteiger partial charge < -0.3 is 48.0 Å². The van der Waals surface area contributed by atoms with Gasteiger partial charge in [-0.3, -0.25) is 0 Å². The Bertz CT molecular complexity index is 2450. The molecule has 0 saturated heterocycles. The fourth-order valence-corrected chi connectivity index (χ4v) is 9.50. The number of aromatic nitrogens is 4. The molecule has 7 heteroatoms. The van der Waals surface area contributed by atoms with E-state index in [0.29, 0.717) is 0 Å². The van der Waals surface area contributed by atoms with Crippen molar-refractivity contribution >= 4 is 45.3 Å². The molecule has 396 valence electrons. The molecular weight excluding hydrogens is 1120 g/mol. The zero-order valence-corrected chi connectivity index (χ0v) is 50.6. The molecule has 0 unspecified atom stereocenters. The minimum atomic E-state index is 0. The number of halogens is 2. The molecule has 7 rings (SSSR count). The first-order valence-corrected chi connectivity index (χ1v) is 28.1. The third kappa shape index (κ3) is 24.9. The highest BCUT2D eigenvalue weighted by Gasteiger charge is 2.12. The Hall–Kier alpha value is -3.15. The van der Waals surface area contributed by atoms with Gasteiger partial charge in [0.1, 0.15) is 19.6 Å². The number of nitrogens with zero attached hydrogens (tertiary/aromatic N) is 4. The molecule has 0 aliphatic carbocycles. The summed E-state index contributed by atoms with van der Waals surface area (Å²) in [6.45, 7) is 19.8. The van der Waals surface area contributed by atoms with Crippen LogP contribution < -0.4 is 66.2 Å². The van der Waals surface area contributed by atoms with Gasteiger partial charge >= 0.3 is 0 Å².